The lowest BCUT2D eigenvalue weighted by Gasteiger charge is -2.22. The molecule has 2 N–H and O–H groups in total. The molecule has 1 rings (SSSR count). The summed E-state index contributed by atoms with van der Waals surface area (Å²) < 4.78 is 0. The number of rotatable bonds is 4. The summed E-state index contributed by atoms with van der Waals surface area (Å²) in [5.74, 6) is 0.531. The van der Waals surface area contributed by atoms with Crippen LogP contribution >= 0.6 is 0 Å². The Labute approximate surface area is 98.6 Å². The number of hydrogen-bond donors (Lipinski definition) is 2. The average Bonchev–Trinajstić information content (AvgIpc) is 2.44. The average molecular weight is 227 g/mol. The molecule has 1 aliphatic rings. The van der Waals surface area contributed by atoms with Crippen molar-refractivity contribution < 1.29 is 9.90 Å². The second-order valence-corrected chi connectivity index (χ2v) is 5.10. The molecule has 1 fully saturated rings. The molecule has 1 aliphatic carbocycles. The number of carbonyl (C=O) groups excluding carboxylic acids is 1. The monoisotopic (exact) mass is 227 g/mol. The molecule has 0 bridgehead atoms. The first-order valence-electron chi connectivity index (χ1n) is 6.61. The Morgan fingerprint density at radius 2 is 2.06 bits per heavy atom. The van der Waals surface area contributed by atoms with E-state index in [1.165, 1.54) is 6.42 Å². The third-order valence-corrected chi connectivity index (χ3v) is 3.56. The Balaban J connectivity index is 2.36. The van der Waals surface area contributed by atoms with Gasteiger partial charge in [-0.15, -0.1) is 0 Å². The van der Waals surface area contributed by atoms with Crippen molar-refractivity contribution in [3.05, 3.63) is 0 Å². The number of carbonyl (C=O) groups is 1. The topological polar surface area (TPSA) is 49.3 Å². The molecule has 1 saturated carbocycles. The highest BCUT2D eigenvalue weighted by Gasteiger charge is 2.23. The van der Waals surface area contributed by atoms with Gasteiger partial charge in [-0.1, -0.05) is 39.5 Å². The maximum absolute atomic E-state index is 11.7. The van der Waals surface area contributed by atoms with E-state index in [2.05, 4.69) is 19.2 Å². The highest BCUT2D eigenvalue weighted by Crippen LogP contribution is 2.18. The van der Waals surface area contributed by atoms with E-state index in [1.807, 2.05) is 0 Å². The lowest BCUT2D eigenvalue weighted by atomic mass is 10.0. The molecule has 0 radical (unpaired) electrons. The molecule has 0 spiro atoms. The van der Waals surface area contributed by atoms with Crippen LogP contribution in [0.2, 0.25) is 0 Å². The summed E-state index contributed by atoms with van der Waals surface area (Å²) in [5.41, 5.74) is 0. The van der Waals surface area contributed by atoms with Gasteiger partial charge < -0.3 is 10.4 Å². The Morgan fingerprint density at radius 3 is 2.75 bits per heavy atom. The van der Waals surface area contributed by atoms with Crippen LogP contribution in [0.1, 0.15) is 58.8 Å². The van der Waals surface area contributed by atoms with Gasteiger partial charge in [0, 0.05) is 6.42 Å². The molecule has 0 heterocycles. The standard InChI is InChI=1S/C13H25NO2/c1-3-10(2)9-13(16)14-11-7-5-4-6-8-12(11)15/h10-12,15H,3-9H2,1-2H3,(H,14,16). The van der Waals surface area contributed by atoms with E-state index in [1.54, 1.807) is 0 Å². The van der Waals surface area contributed by atoms with Crippen LogP contribution in [0.4, 0.5) is 0 Å². The SMILES string of the molecule is CCC(C)CC(=O)NC1CCCCCC1O. The first-order valence-corrected chi connectivity index (χ1v) is 6.61. The number of aliphatic hydroxyl groups is 1. The molecule has 1 amide bonds. The molecule has 3 nitrogen and oxygen atoms in total. The van der Waals surface area contributed by atoms with Crippen LogP contribution in [0.15, 0.2) is 0 Å². The molecular weight excluding hydrogens is 202 g/mol. The van der Waals surface area contributed by atoms with Crippen molar-refractivity contribution in [2.75, 3.05) is 0 Å². The normalized spacial score (nSPS) is 28.2. The van der Waals surface area contributed by atoms with Gasteiger partial charge >= 0.3 is 0 Å². The summed E-state index contributed by atoms with van der Waals surface area (Å²) >= 11 is 0. The first-order chi connectivity index (χ1) is 7.63. The van der Waals surface area contributed by atoms with Crippen LogP contribution in [0, 0.1) is 5.92 Å². The van der Waals surface area contributed by atoms with Crippen LogP contribution < -0.4 is 5.32 Å². The van der Waals surface area contributed by atoms with Crippen molar-refractivity contribution in [2.24, 2.45) is 5.92 Å². The Bertz CT molecular complexity index is 218. The van der Waals surface area contributed by atoms with Gasteiger partial charge in [-0.3, -0.25) is 4.79 Å². The third kappa shape index (κ3) is 4.52. The predicted molar refractivity (Wildman–Crippen MR) is 65.1 cm³/mol. The van der Waals surface area contributed by atoms with Crippen LogP contribution in [-0.2, 0) is 4.79 Å². The van der Waals surface area contributed by atoms with Crippen molar-refractivity contribution in [1.82, 2.24) is 5.32 Å². The molecule has 94 valence electrons. The highest BCUT2D eigenvalue weighted by molar-refractivity contribution is 5.76. The summed E-state index contributed by atoms with van der Waals surface area (Å²) in [5, 5.41) is 12.9. The predicted octanol–water partition coefficient (Wildman–Crippen LogP) is 2.23. The van der Waals surface area contributed by atoms with Gasteiger partial charge in [0.05, 0.1) is 12.1 Å². The summed E-state index contributed by atoms with van der Waals surface area (Å²) in [6.07, 6.45) is 6.39. The molecule has 0 aromatic rings. The van der Waals surface area contributed by atoms with Crippen LogP contribution in [0.5, 0.6) is 0 Å². The minimum atomic E-state index is -0.344. The molecule has 0 saturated heterocycles. The zero-order chi connectivity index (χ0) is 12.0. The third-order valence-electron chi connectivity index (χ3n) is 3.56. The fraction of sp³-hybridized carbons (Fsp3) is 0.923. The fourth-order valence-corrected chi connectivity index (χ4v) is 2.18. The van der Waals surface area contributed by atoms with Crippen molar-refractivity contribution in [1.29, 1.82) is 0 Å². The zero-order valence-corrected chi connectivity index (χ0v) is 10.5. The smallest absolute Gasteiger partial charge is 0.220 e. The molecule has 3 heteroatoms. The Morgan fingerprint density at radius 1 is 1.38 bits per heavy atom. The zero-order valence-electron chi connectivity index (χ0n) is 10.5. The largest absolute Gasteiger partial charge is 0.391 e. The lowest BCUT2D eigenvalue weighted by Crippen LogP contribution is -2.43. The van der Waals surface area contributed by atoms with E-state index in [4.69, 9.17) is 0 Å². The van der Waals surface area contributed by atoms with Crippen molar-refractivity contribution in [2.45, 2.75) is 70.9 Å². The molecule has 0 aromatic carbocycles. The van der Waals surface area contributed by atoms with Crippen molar-refractivity contribution in [3.63, 3.8) is 0 Å². The fourth-order valence-electron chi connectivity index (χ4n) is 2.18. The minimum Gasteiger partial charge on any atom is -0.391 e. The van der Waals surface area contributed by atoms with E-state index < -0.39 is 0 Å². The maximum atomic E-state index is 11.7. The second kappa shape index (κ2) is 6.89. The summed E-state index contributed by atoms with van der Waals surface area (Å²) in [6, 6.07) is -0.0148. The summed E-state index contributed by atoms with van der Waals surface area (Å²) in [7, 11) is 0. The van der Waals surface area contributed by atoms with Crippen LogP contribution in [-0.4, -0.2) is 23.2 Å². The quantitative estimate of drug-likeness (QED) is 0.724. The van der Waals surface area contributed by atoms with E-state index in [9.17, 15) is 9.90 Å². The Kier molecular flexibility index (Phi) is 5.81. The number of nitrogens with one attached hydrogen (secondary N) is 1. The molecule has 0 aromatic heterocycles. The molecule has 0 aliphatic heterocycles. The molecule has 3 atom stereocenters. The van der Waals surface area contributed by atoms with Gasteiger partial charge in [0.25, 0.3) is 0 Å². The lowest BCUT2D eigenvalue weighted by molar-refractivity contribution is -0.123. The van der Waals surface area contributed by atoms with E-state index in [0.717, 1.165) is 32.1 Å². The van der Waals surface area contributed by atoms with Gasteiger partial charge in [0.2, 0.25) is 5.91 Å². The van der Waals surface area contributed by atoms with Gasteiger partial charge in [-0.25, -0.2) is 0 Å². The summed E-state index contributed by atoms with van der Waals surface area (Å²) in [4.78, 5) is 11.7. The second-order valence-electron chi connectivity index (χ2n) is 5.10. The van der Waals surface area contributed by atoms with Gasteiger partial charge in [0.15, 0.2) is 0 Å². The van der Waals surface area contributed by atoms with Gasteiger partial charge in [-0.05, 0) is 18.8 Å². The van der Waals surface area contributed by atoms with Gasteiger partial charge in [0.1, 0.15) is 0 Å². The van der Waals surface area contributed by atoms with E-state index >= 15 is 0 Å². The highest BCUT2D eigenvalue weighted by atomic mass is 16.3. The van der Waals surface area contributed by atoms with E-state index in [0.29, 0.717) is 12.3 Å². The first kappa shape index (κ1) is 13.5. The molecular formula is C13H25NO2. The molecule has 3 unspecified atom stereocenters. The Hall–Kier alpha value is -0.570. The summed E-state index contributed by atoms with van der Waals surface area (Å²) in [6.45, 7) is 4.18. The molecule has 16 heavy (non-hydrogen) atoms. The van der Waals surface area contributed by atoms with E-state index in [-0.39, 0.29) is 18.1 Å². The number of aliphatic hydroxyl groups excluding tert-OH is 1. The van der Waals surface area contributed by atoms with Crippen LogP contribution in [0.25, 0.3) is 0 Å². The van der Waals surface area contributed by atoms with Gasteiger partial charge in [-0.2, -0.15) is 0 Å². The number of amides is 1. The minimum absolute atomic E-state index is 0.0148. The maximum Gasteiger partial charge on any atom is 0.220 e. The number of hydrogen-bond acceptors (Lipinski definition) is 2. The van der Waals surface area contributed by atoms with Crippen molar-refractivity contribution >= 4 is 5.91 Å². The van der Waals surface area contributed by atoms with Crippen LogP contribution in [0.3, 0.4) is 0 Å². The van der Waals surface area contributed by atoms with Crippen molar-refractivity contribution in [3.8, 4) is 0 Å².